The number of nitro groups is 1. The lowest BCUT2D eigenvalue weighted by Crippen LogP contribution is -2.35. The Hall–Kier alpha value is -2.46. The number of nitrogens with one attached hydrogen (secondary N) is 1. The topological polar surface area (TPSA) is 119 Å². The van der Waals surface area contributed by atoms with Gasteiger partial charge in [-0.2, -0.15) is 4.31 Å². The molecular weight excluding hydrogens is 396 g/mol. The largest absolute Gasteiger partial charge is 0.443 e. The normalized spacial score (nSPS) is 16.0. The molecule has 29 heavy (non-hydrogen) atoms. The van der Waals surface area contributed by atoms with Gasteiger partial charge in [-0.15, -0.1) is 0 Å². The number of hydrogen-bond acceptors (Lipinski definition) is 7. The van der Waals surface area contributed by atoms with Gasteiger partial charge in [0.05, 0.1) is 22.6 Å². The lowest BCUT2D eigenvalue weighted by Gasteiger charge is -2.25. The van der Waals surface area contributed by atoms with Crippen LogP contribution >= 0.6 is 0 Å². The highest BCUT2D eigenvalue weighted by Gasteiger charge is 2.28. The SMILES string of the molecule is CC(C)(C)c1cnc(CNc2ccc(S(=O)(=O)N3CCCCC3)cc2[N+](=O)[O-])o1. The van der Waals surface area contributed by atoms with E-state index in [0.717, 1.165) is 25.3 Å². The Balaban J connectivity index is 1.81. The zero-order valence-corrected chi connectivity index (χ0v) is 17.7. The first-order chi connectivity index (χ1) is 13.6. The summed E-state index contributed by atoms with van der Waals surface area (Å²) in [6.45, 7) is 7.02. The number of sulfonamides is 1. The summed E-state index contributed by atoms with van der Waals surface area (Å²) in [5, 5.41) is 14.5. The molecule has 1 fully saturated rings. The van der Waals surface area contributed by atoms with E-state index in [9.17, 15) is 18.5 Å². The van der Waals surface area contributed by atoms with E-state index in [2.05, 4.69) is 10.3 Å². The van der Waals surface area contributed by atoms with Crippen LogP contribution in [0.4, 0.5) is 11.4 Å². The van der Waals surface area contributed by atoms with Gasteiger partial charge in [-0.25, -0.2) is 13.4 Å². The van der Waals surface area contributed by atoms with Crippen LogP contribution < -0.4 is 5.32 Å². The lowest BCUT2D eigenvalue weighted by atomic mass is 9.94. The Morgan fingerprint density at radius 1 is 1.24 bits per heavy atom. The third-order valence-electron chi connectivity index (χ3n) is 4.84. The maximum Gasteiger partial charge on any atom is 0.293 e. The van der Waals surface area contributed by atoms with Crippen molar-refractivity contribution in [3.63, 3.8) is 0 Å². The van der Waals surface area contributed by atoms with Crippen LogP contribution in [-0.4, -0.2) is 35.7 Å². The number of aromatic nitrogens is 1. The molecule has 158 valence electrons. The van der Waals surface area contributed by atoms with Crippen LogP contribution in [0.25, 0.3) is 0 Å². The summed E-state index contributed by atoms with van der Waals surface area (Å²) in [7, 11) is -3.74. The third kappa shape index (κ3) is 4.76. The molecule has 9 nitrogen and oxygen atoms in total. The van der Waals surface area contributed by atoms with Crippen LogP contribution in [-0.2, 0) is 22.0 Å². The molecule has 0 amide bonds. The highest BCUT2D eigenvalue weighted by atomic mass is 32.2. The zero-order valence-electron chi connectivity index (χ0n) is 16.8. The third-order valence-corrected chi connectivity index (χ3v) is 6.74. The van der Waals surface area contributed by atoms with Crippen LogP contribution in [0.15, 0.2) is 33.7 Å². The van der Waals surface area contributed by atoms with Gasteiger partial charge in [-0.05, 0) is 25.0 Å². The van der Waals surface area contributed by atoms with Crippen molar-refractivity contribution in [3.05, 3.63) is 46.2 Å². The molecule has 1 N–H and O–H groups in total. The number of nitrogens with zero attached hydrogens (tertiary/aromatic N) is 3. The summed E-state index contributed by atoms with van der Waals surface area (Å²) in [6.07, 6.45) is 4.23. The van der Waals surface area contributed by atoms with Crippen molar-refractivity contribution in [3.8, 4) is 0 Å². The predicted molar refractivity (Wildman–Crippen MR) is 108 cm³/mol. The van der Waals surface area contributed by atoms with Crippen molar-refractivity contribution in [2.45, 2.75) is 56.9 Å². The minimum absolute atomic E-state index is 0.0669. The van der Waals surface area contributed by atoms with Crippen molar-refractivity contribution in [1.29, 1.82) is 0 Å². The molecule has 1 aromatic carbocycles. The number of nitro benzene ring substituents is 1. The molecule has 0 atom stereocenters. The van der Waals surface area contributed by atoms with Gasteiger partial charge in [0.25, 0.3) is 5.69 Å². The van der Waals surface area contributed by atoms with Gasteiger partial charge in [-0.3, -0.25) is 10.1 Å². The average molecular weight is 423 g/mol. The second kappa shape index (κ2) is 8.11. The molecule has 0 unspecified atom stereocenters. The van der Waals surface area contributed by atoms with Crippen LogP contribution in [0.5, 0.6) is 0 Å². The smallest absolute Gasteiger partial charge is 0.293 e. The van der Waals surface area contributed by atoms with E-state index in [0.29, 0.717) is 24.7 Å². The quantitative estimate of drug-likeness (QED) is 0.557. The van der Waals surface area contributed by atoms with E-state index in [1.807, 2.05) is 20.8 Å². The maximum atomic E-state index is 12.8. The molecule has 0 bridgehead atoms. The van der Waals surface area contributed by atoms with Gasteiger partial charge in [0.1, 0.15) is 11.4 Å². The minimum atomic E-state index is -3.74. The predicted octanol–water partition coefficient (Wildman–Crippen LogP) is 3.67. The molecule has 1 saturated heterocycles. The van der Waals surface area contributed by atoms with Crippen molar-refractivity contribution < 1.29 is 17.8 Å². The molecular formula is C19H26N4O5S. The number of piperidine rings is 1. The molecule has 2 heterocycles. The Labute approximate surface area is 170 Å². The number of oxazole rings is 1. The Kier molecular flexibility index (Phi) is 5.95. The van der Waals surface area contributed by atoms with E-state index in [1.54, 1.807) is 6.20 Å². The van der Waals surface area contributed by atoms with E-state index in [1.165, 1.54) is 16.4 Å². The fourth-order valence-corrected chi connectivity index (χ4v) is 4.67. The monoisotopic (exact) mass is 422 g/mol. The number of hydrogen-bond donors (Lipinski definition) is 1. The molecule has 1 aliphatic rings. The Morgan fingerprint density at radius 2 is 1.93 bits per heavy atom. The summed E-state index contributed by atoms with van der Waals surface area (Å²) in [6, 6.07) is 3.93. The van der Waals surface area contributed by atoms with E-state index in [-0.39, 0.29) is 28.2 Å². The average Bonchev–Trinajstić information content (AvgIpc) is 3.16. The fourth-order valence-electron chi connectivity index (χ4n) is 3.14. The zero-order chi connectivity index (χ0) is 21.2. The second-order valence-electron chi connectivity index (χ2n) is 8.12. The first kappa shape index (κ1) is 21.3. The Morgan fingerprint density at radius 3 is 2.52 bits per heavy atom. The highest BCUT2D eigenvalue weighted by Crippen LogP contribution is 2.30. The van der Waals surface area contributed by atoms with Crippen LogP contribution in [0.2, 0.25) is 0 Å². The first-order valence-electron chi connectivity index (χ1n) is 9.57. The van der Waals surface area contributed by atoms with Crippen LogP contribution in [0, 0.1) is 10.1 Å². The standard InChI is InChI=1S/C19H26N4O5S/c1-19(2,3)17-12-21-18(28-17)13-20-15-8-7-14(11-16(15)23(24)25)29(26,27)22-9-5-4-6-10-22/h7-8,11-12,20H,4-6,9-10,13H2,1-3H3. The van der Waals surface area contributed by atoms with Crippen molar-refractivity contribution in [2.75, 3.05) is 18.4 Å². The van der Waals surface area contributed by atoms with Gasteiger partial charge < -0.3 is 9.73 Å². The number of anilines is 1. The number of benzene rings is 1. The van der Waals surface area contributed by atoms with Gasteiger partial charge in [-0.1, -0.05) is 27.2 Å². The molecule has 3 rings (SSSR count). The maximum absolute atomic E-state index is 12.8. The lowest BCUT2D eigenvalue weighted by molar-refractivity contribution is -0.384. The first-order valence-corrected chi connectivity index (χ1v) is 11.0. The van der Waals surface area contributed by atoms with Gasteiger partial charge in [0.2, 0.25) is 15.9 Å². The summed E-state index contributed by atoms with van der Waals surface area (Å²) < 4.78 is 32.7. The summed E-state index contributed by atoms with van der Waals surface area (Å²) >= 11 is 0. The Bertz CT molecular complexity index is 988. The van der Waals surface area contributed by atoms with Gasteiger partial charge >= 0.3 is 0 Å². The van der Waals surface area contributed by atoms with Gasteiger partial charge in [0.15, 0.2) is 0 Å². The van der Waals surface area contributed by atoms with E-state index in [4.69, 9.17) is 4.42 Å². The summed E-state index contributed by atoms with van der Waals surface area (Å²) in [4.78, 5) is 15.1. The minimum Gasteiger partial charge on any atom is -0.443 e. The van der Waals surface area contributed by atoms with Crippen molar-refractivity contribution in [1.82, 2.24) is 9.29 Å². The molecule has 2 aromatic rings. The van der Waals surface area contributed by atoms with Crippen LogP contribution in [0.1, 0.15) is 51.7 Å². The van der Waals surface area contributed by atoms with E-state index < -0.39 is 14.9 Å². The molecule has 1 aromatic heterocycles. The molecule has 0 aliphatic carbocycles. The summed E-state index contributed by atoms with van der Waals surface area (Å²) in [5.74, 6) is 1.11. The molecule has 1 aliphatic heterocycles. The van der Waals surface area contributed by atoms with Crippen molar-refractivity contribution >= 4 is 21.4 Å². The van der Waals surface area contributed by atoms with Crippen LogP contribution in [0.3, 0.4) is 0 Å². The summed E-state index contributed by atoms with van der Waals surface area (Å²) in [5.41, 5.74) is -0.282. The highest BCUT2D eigenvalue weighted by molar-refractivity contribution is 7.89. The fraction of sp³-hybridized carbons (Fsp3) is 0.526. The molecule has 10 heteroatoms. The van der Waals surface area contributed by atoms with Crippen molar-refractivity contribution in [2.24, 2.45) is 0 Å². The molecule has 0 radical (unpaired) electrons. The number of rotatable bonds is 6. The van der Waals surface area contributed by atoms with Gasteiger partial charge in [0, 0.05) is 24.6 Å². The molecule has 0 saturated carbocycles. The molecule has 0 spiro atoms. The second-order valence-corrected chi connectivity index (χ2v) is 10.1. The van der Waals surface area contributed by atoms with E-state index >= 15 is 0 Å².